The molecule has 2 unspecified atom stereocenters. The van der Waals surface area contributed by atoms with Gasteiger partial charge in [-0.3, -0.25) is 9.78 Å². The van der Waals surface area contributed by atoms with Gasteiger partial charge in [0, 0.05) is 30.9 Å². The summed E-state index contributed by atoms with van der Waals surface area (Å²) in [7, 11) is 0. The molecule has 0 bridgehead atoms. The minimum Gasteiger partial charge on any atom is -0.466 e. The molecule has 1 aliphatic heterocycles. The summed E-state index contributed by atoms with van der Waals surface area (Å²) in [6, 6.07) is 3.52. The molecule has 1 amide bonds. The molecule has 6 nitrogen and oxygen atoms in total. The molecule has 0 saturated carbocycles. The molecule has 0 spiro atoms. The standard InChI is InChI=1S/C18H25ClN2O4/c1-5-24-16(22)13-8-9-21(17(23)25-18(2,3)4)11-14(13)15-7-6-12(19)10-20-15/h6-7,10,13-14H,5,8-9,11H2,1-4H3. The van der Waals surface area contributed by atoms with Gasteiger partial charge >= 0.3 is 12.1 Å². The minimum absolute atomic E-state index is 0.252. The van der Waals surface area contributed by atoms with Gasteiger partial charge in [-0.1, -0.05) is 11.6 Å². The third kappa shape index (κ3) is 5.33. The molecule has 1 saturated heterocycles. The Labute approximate surface area is 153 Å². The van der Waals surface area contributed by atoms with Gasteiger partial charge in [0.05, 0.1) is 17.5 Å². The average molecular weight is 369 g/mol. The Hall–Kier alpha value is -1.82. The van der Waals surface area contributed by atoms with Crippen LogP contribution in [0.1, 0.15) is 45.7 Å². The number of aromatic nitrogens is 1. The zero-order chi connectivity index (χ0) is 18.6. The van der Waals surface area contributed by atoms with Crippen LogP contribution in [-0.4, -0.2) is 47.2 Å². The predicted molar refractivity (Wildman–Crippen MR) is 94.5 cm³/mol. The van der Waals surface area contributed by atoms with Crippen LogP contribution >= 0.6 is 11.6 Å². The van der Waals surface area contributed by atoms with E-state index in [1.165, 1.54) is 0 Å². The van der Waals surface area contributed by atoms with Crippen molar-refractivity contribution in [1.82, 2.24) is 9.88 Å². The molecule has 1 fully saturated rings. The number of hydrogen-bond donors (Lipinski definition) is 0. The summed E-state index contributed by atoms with van der Waals surface area (Å²) in [5, 5.41) is 0.524. The van der Waals surface area contributed by atoms with Crippen LogP contribution in [0, 0.1) is 5.92 Å². The van der Waals surface area contributed by atoms with E-state index in [9.17, 15) is 9.59 Å². The maximum atomic E-state index is 12.4. The molecule has 2 atom stereocenters. The molecule has 0 radical (unpaired) electrons. The van der Waals surface area contributed by atoms with Gasteiger partial charge in [-0.15, -0.1) is 0 Å². The predicted octanol–water partition coefficient (Wildman–Crippen LogP) is 3.64. The summed E-state index contributed by atoms with van der Waals surface area (Å²) >= 11 is 5.91. The van der Waals surface area contributed by atoms with Gasteiger partial charge in [0.1, 0.15) is 5.60 Å². The van der Waals surface area contributed by atoms with Gasteiger partial charge in [-0.25, -0.2) is 4.79 Å². The molecule has 1 aromatic heterocycles. The van der Waals surface area contributed by atoms with Crippen molar-refractivity contribution in [3.8, 4) is 0 Å². The Morgan fingerprint density at radius 3 is 2.64 bits per heavy atom. The zero-order valence-electron chi connectivity index (χ0n) is 15.1. The molecule has 25 heavy (non-hydrogen) atoms. The van der Waals surface area contributed by atoms with E-state index in [-0.39, 0.29) is 23.9 Å². The summed E-state index contributed by atoms with van der Waals surface area (Å²) in [6.07, 6.45) is 1.67. The second-order valence-corrected chi connectivity index (χ2v) is 7.52. The lowest BCUT2D eigenvalue weighted by atomic mass is 9.83. The van der Waals surface area contributed by atoms with E-state index < -0.39 is 5.60 Å². The van der Waals surface area contributed by atoms with Crippen LogP contribution in [0.5, 0.6) is 0 Å². The number of nitrogens with zero attached hydrogens (tertiary/aromatic N) is 2. The first-order chi connectivity index (χ1) is 11.7. The van der Waals surface area contributed by atoms with Gasteiger partial charge in [-0.05, 0) is 46.2 Å². The number of hydrogen-bond acceptors (Lipinski definition) is 5. The van der Waals surface area contributed by atoms with Crippen LogP contribution in [0.4, 0.5) is 4.79 Å². The van der Waals surface area contributed by atoms with Crippen molar-refractivity contribution in [2.75, 3.05) is 19.7 Å². The first-order valence-corrected chi connectivity index (χ1v) is 8.85. The molecule has 2 rings (SSSR count). The van der Waals surface area contributed by atoms with E-state index in [0.717, 1.165) is 5.69 Å². The molecule has 0 N–H and O–H groups in total. The van der Waals surface area contributed by atoms with Gasteiger partial charge in [-0.2, -0.15) is 0 Å². The lowest BCUT2D eigenvalue weighted by molar-refractivity contribution is -0.150. The molecule has 138 valence electrons. The molecule has 2 heterocycles. The molecule has 1 aliphatic rings. The van der Waals surface area contributed by atoms with Crippen molar-refractivity contribution in [1.29, 1.82) is 0 Å². The Bertz CT molecular complexity index is 612. The molecule has 0 aromatic carbocycles. The molecular weight excluding hydrogens is 344 g/mol. The lowest BCUT2D eigenvalue weighted by Crippen LogP contribution is -2.47. The number of halogens is 1. The van der Waals surface area contributed by atoms with Crippen molar-refractivity contribution in [3.63, 3.8) is 0 Å². The van der Waals surface area contributed by atoms with Crippen LogP contribution in [0.3, 0.4) is 0 Å². The number of carbonyl (C=O) groups is 2. The zero-order valence-corrected chi connectivity index (χ0v) is 15.9. The first-order valence-electron chi connectivity index (χ1n) is 8.47. The Morgan fingerprint density at radius 1 is 1.36 bits per heavy atom. The third-order valence-corrected chi connectivity index (χ3v) is 4.21. The van der Waals surface area contributed by atoms with Crippen molar-refractivity contribution in [2.24, 2.45) is 5.92 Å². The van der Waals surface area contributed by atoms with Crippen LogP contribution < -0.4 is 0 Å². The van der Waals surface area contributed by atoms with E-state index in [1.807, 2.05) is 20.8 Å². The number of esters is 1. The molecule has 1 aromatic rings. The van der Waals surface area contributed by atoms with Gasteiger partial charge in [0.15, 0.2) is 0 Å². The van der Waals surface area contributed by atoms with E-state index in [1.54, 1.807) is 30.2 Å². The quantitative estimate of drug-likeness (QED) is 0.762. The van der Waals surface area contributed by atoms with Gasteiger partial charge in [0.2, 0.25) is 0 Å². The highest BCUT2D eigenvalue weighted by Gasteiger charge is 2.39. The Kier molecular flexibility index (Phi) is 6.27. The maximum absolute atomic E-state index is 12.4. The monoisotopic (exact) mass is 368 g/mol. The van der Waals surface area contributed by atoms with Crippen molar-refractivity contribution < 1.29 is 19.1 Å². The van der Waals surface area contributed by atoms with Crippen molar-refractivity contribution >= 4 is 23.7 Å². The maximum Gasteiger partial charge on any atom is 0.410 e. The fourth-order valence-electron chi connectivity index (χ4n) is 2.88. The van der Waals surface area contributed by atoms with E-state index in [4.69, 9.17) is 21.1 Å². The number of likely N-dealkylation sites (tertiary alicyclic amines) is 1. The van der Waals surface area contributed by atoms with E-state index >= 15 is 0 Å². The SMILES string of the molecule is CCOC(=O)C1CCN(C(=O)OC(C)(C)C)CC1c1ccc(Cl)cn1. The summed E-state index contributed by atoms with van der Waals surface area (Å²) in [5.41, 5.74) is 0.152. The number of rotatable bonds is 3. The van der Waals surface area contributed by atoms with E-state index in [0.29, 0.717) is 31.1 Å². The summed E-state index contributed by atoms with van der Waals surface area (Å²) in [4.78, 5) is 30.7. The summed E-state index contributed by atoms with van der Waals surface area (Å²) in [5.74, 6) is -0.849. The Morgan fingerprint density at radius 2 is 2.08 bits per heavy atom. The number of carbonyl (C=O) groups excluding carboxylic acids is 2. The smallest absolute Gasteiger partial charge is 0.410 e. The number of ether oxygens (including phenoxy) is 2. The Balaban J connectivity index is 2.21. The third-order valence-electron chi connectivity index (χ3n) is 3.98. The van der Waals surface area contributed by atoms with Crippen LogP contribution in [0.2, 0.25) is 5.02 Å². The second-order valence-electron chi connectivity index (χ2n) is 7.08. The van der Waals surface area contributed by atoms with Crippen LogP contribution in [0.25, 0.3) is 0 Å². The second kappa shape index (κ2) is 8.04. The van der Waals surface area contributed by atoms with Crippen molar-refractivity contribution in [2.45, 2.75) is 45.6 Å². The van der Waals surface area contributed by atoms with Crippen LogP contribution in [-0.2, 0) is 14.3 Å². The molecule has 0 aliphatic carbocycles. The van der Waals surface area contributed by atoms with Gasteiger partial charge < -0.3 is 14.4 Å². The fourth-order valence-corrected chi connectivity index (χ4v) is 2.99. The topological polar surface area (TPSA) is 68.7 Å². The van der Waals surface area contributed by atoms with Gasteiger partial charge in [0.25, 0.3) is 0 Å². The summed E-state index contributed by atoms with van der Waals surface area (Å²) < 4.78 is 10.7. The normalized spacial score (nSPS) is 20.9. The highest BCUT2D eigenvalue weighted by atomic mass is 35.5. The van der Waals surface area contributed by atoms with E-state index in [2.05, 4.69) is 4.98 Å². The highest BCUT2D eigenvalue weighted by Crippen LogP contribution is 2.33. The number of piperidine rings is 1. The average Bonchev–Trinajstić information content (AvgIpc) is 2.53. The lowest BCUT2D eigenvalue weighted by Gasteiger charge is -2.37. The fraction of sp³-hybridized carbons (Fsp3) is 0.611. The number of amides is 1. The molecule has 7 heteroatoms. The largest absolute Gasteiger partial charge is 0.466 e. The first kappa shape index (κ1) is 19.5. The number of pyridine rings is 1. The summed E-state index contributed by atoms with van der Waals surface area (Å²) in [6.45, 7) is 8.39. The molecular formula is C18H25ClN2O4. The minimum atomic E-state index is -0.566. The van der Waals surface area contributed by atoms with Crippen molar-refractivity contribution in [3.05, 3.63) is 29.0 Å². The highest BCUT2D eigenvalue weighted by molar-refractivity contribution is 6.30. The van der Waals surface area contributed by atoms with Crippen LogP contribution in [0.15, 0.2) is 18.3 Å².